The number of hydrogen-bond acceptors (Lipinski definition) is 2. The van der Waals surface area contributed by atoms with Gasteiger partial charge in [-0.1, -0.05) is 59.3 Å². The Morgan fingerprint density at radius 3 is 2.63 bits per heavy atom. The molecule has 19 heavy (non-hydrogen) atoms. The first-order valence-electron chi connectivity index (χ1n) is 6.46. The number of nitrogens with zero attached hydrogens (tertiary/aromatic N) is 1. The lowest BCUT2D eigenvalue weighted by atomic mass is 9.76. The van der Waals surface area contributed by atoms with Gasteiger partial charge in [-0.05, 0) is 30.7 Å². The third-order valence-electron chi connectivity index (χ3n) is 3.45. The number of benzene rings is 1. The van der Waals surface area contributed by atoms with Gasteiger partial charge in [-0.25, -0.2) is 0 Å². The molecule has 0 radical (unpaired) electrons. The molecule has 0 amide bonds. The van der Waals surface area contributed by atoms with Crippen molar-refractivity contribution in [2.45, 2.75) is 24.8 Å². The Balaban J connectivity index is 2.38. The third kappa shape index (κ3) is 2.97. The minimum Gasteiger partial charge on any atom is -0.307 e. The first kappa shape index (κ1) is 14.0. The van der Waals surface area contributed by atoms with Gasteiger partial charge in [-0.2, -0.15) is 5.26 Å². The van der Waals surface area contributed by atoms with Crippen LogP contribution in [0.1, 0.15) is 24.8 Å². The maximum Gasteiger partial charge on any atom is 0.0933 e. The molecule has 1 aromatic carbocycles. The lowest BCUT2D eigenvalue weighted by Gasteiger charge is -2.36. The fourth-order valence-corrected chi connectivity index (χ4v) is 2.82. The van der Waals surface area contributed by atoms with Crippen molar-refractivity contribution in [2.24, 2.45) is 0 Å². The van der Waals surface area contributed by atoms with Gasteiger partial charge in [0.25, 0.3) is 0 Å². The first-order chi connectivity index (χ1) is 9.22. The second-order valence-corrected chi connectivity index (χ2v) is 5.59. The van der Waals surface area contributed by atoms with Crippen molar-refractivity contribution in [1.29, 1.82) is 5.26 Å². The predicted octanol–water partition coefficient (Wildman–Crippen LogP) is 3.92. The van der Waals surface area contributed by atoms with E-state index in [-0.39, 0.29) is 11.5 Å². The second-order valence-electron chi connectivity index (χ2n) is 4.68. The highest BCUT2D eigenvalue weighted by molar-refractivity contribution is 9.10. The van der Waals surface area contributed by atoms with Crippen molar-refractivity contribution >= 4 is 15.9 Å². The van der Waals surface area contributed by atoms with Gasteiger partial charge in [0.05, 0.1) is 17.5 Å². The van der Waals surface area contributed by atoms with Crippen molar-refractivity contribution in [3.05, 3.63) is 58.6 Å². The molecule has 98 valence electrons. The van der Waals surface area contributed by atoms with Gasteiger partial charge < -0.3 is 5.32 Å². The number of likely N-dealkylation sites (N-methyl/N-ethyl adjacent to an activating group) is 1. The van der Waals surface area contributed by atoms with E-state index >= 15 is 0 Å². The number of halogens is 1. The summed E-state index contributed by atoms with van der Waals surface area (Å²) in [6.07, 6.45) is 9.13. The monoisotopic (exact) mass is 316 g/mol. The van der Waals surface area contributed by atoms with E-state index in [9.17, 15) is 5.26 Å². The van der Waals surface area contributed by atoms with Crippen LogP contribution in [0.2, 0.25) is 0 Å². The smallest absolute Gasteiger partial charge is 0.0933 e. The van der Waals surface area contributed by atoms with Crippen LogP contribution in [0.25, 0.3) is 0 Å². The SMILES string of the molecule is CCNC1(C(C#N)c2ccc(Br)cc2)C=CC=CC1. The van der Waals surface area contributed by atoms with Crippen LogP contribution in [0.4, 0.5) is 0 Å². The molecule has 0 saturated carbocycles. The van der Waals surface area contributed by atoms with E-state index in [1.165, 1.54) is 0 Å². The molecule has 1 aromatic rings. The van der Waals surface area contributed by atoms with E-state index in [1.807, 2.05) is 36.4 Å². The zero-order valence-corrected chi connectivity index (χ0v) is 12.5. The molecule has 2 rings (SSSR count). The van der Waals surface area contributed by atoms with Crippen molar-refractivity contribution in [1.82, 2.24) is 5.32 Å². The topological polar surface area (TPSA) is 35.8 Å². The molecule has 2 unspecified atom stereocenters. The van der Waals surface area contributed by atoms with Gasteiger partial charge in [0.2, 0.25) is 0 Å². The molecule has 0 saturated heterocycles. The lowest BCUT2D eigenvalue weighted by Crippen LogP contribution is -2.48. The Kier molecular flexibility index (Phi) is 4.57. The Morgan fingerprint density at radius 2 is 2.11 bits per heavy atom. The predicted molar refractivity (Wildman–Crippen MR) is 81.8 cm³/mol. The molecule has 0 aliphatic heterocycles. The minimum absolute atomic E-state index is 0.193. The highest BCUT2D eigenvalue weighted by Gasteiger charge is 2.36. The highest BCUT2D eigenvalue weighted by atomic mass is 79.9. The van der Waals surface area contributed by atoms with E-state index in [2.05, 4.69) is 46.4 Å². The molecule has 3 heteroatoms. The number of nitrogens with one attached hydrogen (secondary N) is 1. The average Bonchev–Trinajstić information content (AvgIpc) is 2.43. The Labute approximate surface area is 123 Å². The van der Waals surface area contributed by atoms with Crippen molar-refractivity contribution in [2.75, 3.05) is 6.54 Å². The zero-order chi connectivity index (χ0) is 13.7. The molecule has 0 fully saturated rings. The number of allylic oxidation sites excluding steroid dienone is 2. The van der Waals surface area contributed by atoms with Crippen LogP contribution in [0, 0.1) is 11.3 Å². The Bertz CT molecular complexity index is 525. The second kappa shape index (κ2) is 6.18. The summed E-state index contributed by atoms with van der Waals surface area (Å²) < 4.78 is 1.03. The van der Waals surface area contributed by atoms with E-state index in [4.69, 9.17) is 0 Å². The molecule has 1 N–H and O–H groups in total. The molecule has 2 nitrogen and oxygen atoms in total. The standard InChI is InChI=1S/C16H17BrN2/c1-2-19-16(10-4-3-5-11-16)15(12-18)13-6-8-14(17)9-7-13/h3-10,15,19H,2,11H2,1H3. The van der Waals surface area contributed by atoms with Gasteiger partial charge in [-0.3, -0.25) is 0 Å². The molecule has 1 aliphatic carbocycles. The summed E-state index contributed by atoms with van der Waals surface area (Å²) in [5.41, 5.74) is 0.748. The number of rotatable bonds is 4. The molecule has 0 aromatic heterocycles. The molecule has 1 aliphatic rings. The van der Waals surface area contributed by atoms with E-state index in [1.54, 1.807) is 0 Å². The fraction of sp³-hybridized carbons (Fsp3) is 0.312. The summed E-state index contributed by atoms with van der Waals surface area (Å²) in [6, 6.07) is 10.5. The van der Waals surface area contributed by atoms with Crippen molar-refractivity contribution in [3.63, 3.8) is 0 Å². The maximum atomic E-state index is 9.63. The summed E-state index contributed by atoms with van der Waals surface area (Å²) in [4.78, 5) is 0. The molecular weight excluding hydrogens is 300 g/mol. The zero-order valence-electron chi connectivity index (χ0n) is 10.9. The first-order valence-corrected chi connectivity index (χ1v) is 7.25. The van der Waals surface area contributed by atoms with Gasteiger partial charge >= 0.3 is 0 Å². The fourth-order valence-electron chi connectivity index (χ4n) is 2.56. The van der Waals surface area contributed by atoms with Crippen LogP contribution < -0.4 is 5.32 Å². The Morgan fingerprint density at radius 1 is 1.37 bits per heavy atom. The third-order valence-corrected chi connectivity index (χ3v) is 3.98. The minimum atomic E-state index is -0.300. The molecular formula is C16H17BrN2. The normalized spacial score (nSPS) is 23.0. The number of hydrogen-bond donors (Lipinski definition) is 1. The summed E-state index contributed by atoms with van der Waals surface area (Å²) >= 11 is 3.43. The van der Waals surface area contributed by atoms with Crippen LogP contribution in [0.15, 0.2) is 53.0 Å². The lowest BCUT2D eigenvalue weighted by molar-refractivity contribution is 0.380. The van der Waals surface area contributed by atoms with Crippen molar-refractivity contribution in [3.8, 4) is 6.07 Å². The van der Waals surface area contributed by atoms with Gasteiger partial charge in [0, 0.05) is 4.47 Å². The van der Waals surface area contributed by atoms with Gasteiger partial charge in [0.1, 0.15) is 0 Å². The molecule has 0 bridgehead atoms. The summed E-state index contributed by atoms with van der Waals surface area (Å²) in [5, 5.41) is 13.1. The summed E-state index contributed by atoms with van der Waals surface area (Å²) in [6.45, 7) is 2.91. The van der Waals surface area contributed by atoms with E-state index in [0.717, 1.165) is 23.0 Å². The van der Waals surface area contributed by atoms with E-state index < -0.39 is 0 Å². The largest absolute Gasteiger partial charge is 0.307 e. The van der Waals surface area contributed by atoms with Crippen molar-refractivity contribution < 1.29 is 0 Å². The van der Waals surface area contributed by atoms with Crippen LogP contribution in [-0.2, 0) is 0 Å². The molecule has 2 atom stereocenters. The maximum absolute atomic E-state index is 9.63. The quantitative estimate of drug-likeness (QED) is 0.913. The Hall–Kier alpha value is -1.37. The van der Waals surface area contributed by atoms with Gasteiger partial charge in [-0.15, -0.1) is 0 Å². The average molecular weight is 317 g/mol. The highest BCUT2D eigenvalue weighted by Crippen LogP contribution is 2.34. The summed E-state index contributed by atoms with van der Waals surface area (Å²) in [7, 11) is 0. The number of nitriles is 1. The molecule has 0 heterocycles. The summed E-state index contributed by atoms with van der Waals surface area (Å²) in [5.74, 6) is -0.193. The van der Waals surface area contributed by atoms with Crippen LogP contribution in [-0.4, -0.2) is 12.1 Å². The van der Waals surface area contributed by atoms with Crippen LogP contribution in [0.5, 0.6) is 0 Å². The molecule has 0 spiro atoms. The van der Waals surface area contributed by atoms with Crippen LogP contribution >= 0.6 is 15.9 Å². The van der Waals surface area contributed by atoms with Gasteiger partial charge in [0.15, 0.2) is 0 Å². The van der Waals surface area contributed by atoms with E-state index in [0.29, 0.717) is 0 Å². The van der Waals surface area contributed by atoms with Crippen LogP contribution in [0.3, 0.4) is 0 Å².